The first kappa shape index (κ1) is 23.1. The maximum absolute atomic E-state index is 11.2. The molecule has 168 valence electrons. The normalized spacial score (nSPS) is 23.4. The number of carboxylic acids is 1. The maximum Gasteiger partial charge on any atom is 0.306 e. The smallest absolute Gasteiger partial charge is 0.306 e. The first-order valence-corrected chi connectivity index (χ1v) is 12.4. The molecule has 1 saturated carbocycles. The molecule has 0 spiro atoms. The van der Waals surface area contributed by atoms with Crippen molar-refractivity contribution in [2.24, 2.45) is 5.92 Å². The minimum atomic E-state index is -0.616. The van der Waals surface area contributed by atoms with Gasteiger partial charge in [-0.05, 0) is 75.2 Å². The average Bonchev–Trinajstić information content (AvgIpc) is 2.79. The van der Waals surface area contributed by atoms with Crippen molar-refractivity contribution in [3.05, 3.63) is 29.8 Å². The van der Waals surface area contributed by atoms with Crippen LogP contribution in [0.1, 0.15) is 95.5 Å². The Bertz CT molecular complexity index is 622. The topological polar surface area (TPSA) is 49.8 Å². The van der Waals surface area contributed by atoms with Crippen molar-refractivity contribution in [3.8, 4) is 5.75 Å². The fourth-order valence-electron chi connectivity index (χ4n) is 5.22. The summed E-state index contributed by atoms with van der Waals surface area (Å²) in [4.78, 5) is 13.8. The Hall–Kier alpha value is -1.55. The number of rotatable bonds is 11. The first-order valence-electron chi connectivity index (χ1n) is 12.4. The summed E-state index contributed by atoms with van der Waals surface area (Å²) in [6.45, 7) is 4.97. The molecule has 0 aromatic heterocycles. The van der Waals surface area contributed by atoms with Crippen LogP contribution in [0.2, 0.25) is 0 Å². The Morgan fingerprint density at radius 1 is 1.00 bits per heavy atom. The van der Waals surface area contributed by atoms with E-state index in [9.17, 15) is 9.90 Å². The molecular weight excluding hydrogens is 374 g/mol. The zero-order valence-corrected chi connectivity index (χ0v) is 18.9. The number of aliphatic carboxylic acids is 1. The van der Waals surface area contributed by atoms with Gasteiger partial charge < -0.3 is 14.7 Å². The van der Waals surface area contributed by atoms with Gasteiger partial charge in [0.1, 0.15) is 5.75 Å². The summed E-state index contributed by atoms with van der Waals surface area (Å²) in [6.07, 6.45) is 14.4. The van der Waals surface area contributed by atoms with Gasteiger partial charge in [0.25, 0.3) is 0 Å². The van der Waals surface area contributed by atoms with Crippen LogP contribution >= 0.6 is 0 Å². The minimum Gasteiger partial charge on any atom is -0.494 e. The maximum atomic E-state index is 11.2. The molecule has 1 aliphatic carbocycles. The van der Waals surface area contributed by atoms with Gasteiger partial charge in [-0.3, -0.25) is 4.79 Å². The SMILES string of the molecule is CCCCCCCCOc1ccc(C2CCCC(N3CCC(C(=O)O)CC3)C2)cc1. The Kier molecular flexibility index (Phi) is 9.51. The van der Waals surface area contributed by atoms with Crippen molar-refractivity contribution in [2.75, 3.05) is 19.7 Å². The Labute approximate surface area is 183 Å². The number of carbonyl (C=O) groups is 1. The van der Waals surface area contributed by atoms with Gasteiger partial charge >= 0.3 is 5.97 Å². The highest BCUT2D eigenvalue weighted by Gasteiger charge is 2.32. The molecule has 2 aliphatic rings. The molecule has 4 heteroatoms. The Morgan fingerprint density at radius 2 is 1.70 bits per heavy atom. The quantitative estimate of drug-likeness (QED) is 0.434. The third-order valence-corrected chi connectivity index (χ3v) is 7.16. The molecule has 1 N–H and O–H groups in total. The second kappa shape index (κ2) is 12.3. The number of likely N-dealkylation sites (tertiary alicyclic amines) is 1. The molecule has 1 aromatic rings. The lowest BCUT2D eigenvalue weighted by Gasteiger charge is -2.40. The van der Waals surface area contributed by atoms with E-state index in [0.717, 1.165) is 44.7 Å². The number of benzene rings is 1. The van der Waals surface area contributed by atoms with Gasteiger partial charge in [0.2, 0.25) is 0 Å². The third kappa shape index (κ3) is 7.01. The van der Waals surface area contributed by atoms with Gasteiger partial charge in [-0.2, -0.15) is 0 Å². The van der Waals surface area contributed by atoms with Crippen LogP contribution in [-0.4, -0.2) is 41.7 Å². The van der Waals surface area contributed by atoms with Crippen LogP contribution in [0.4, 0.5) is 0 Å². The molecular formula is C26H41NO3. The number of ether oxygens (including phenoxy) is 1. The molecule has 2 unspecified atom stereocenters. The highest BCUT2D eigenvalue weighted by atomic mass is 16.5. The van der Waals surface area contributed by atoms with Gasteiger partial charge in [0.15, 0.2) is 0 Å². The van der Waals surface area contributed by atoms with E-state index in [1.165, 1.54) is 63.4 Å². The molecule has 1 saturated heterocycles. The molecule has 3 rings (SSSR count). The van der Waals surface area contributed by atoms with Gasteiger partial charge in [-0.25, -0.2) is 0 Å². The Balaban J connectivity index is 1.41. The number of hydrogen-bond acceptors (Lipinski definition) is 3. The van der Waals surface area contributed by atoms with Gasteiger partial charge in [0.05, 0.1) is 12.5 Å². The zero-order valence-electron chi connectivity index (χ0n) is 18.9. The monoisotopic (exact) mass is 415 g/mol. The number of nitrogens with zero attached hydrogens (tertiary/aromatic N) is 1. The van der Waals surface area contributed by atoms with E-state index >= 15 is 0 Å². The lowest BCUT2D eigenvalue weighted by Crippen LogP contribution is -2.44. The fraction of sp³-hybridized carbons (Fsp3) is 0.731. The van der Waals surface area contributed by atoms with E-state index in [1.807, 2.05) is 0 Å². The molecule has 1 heterocycles. The summed E-state index contributed by atoms with van der Waals surface area (Å²) >= 11 is 0. The molecule has 1 aliphatic heterocycles. The predicted octanol–water partition coefficient (Wildman–Crippen LogP) is 6.25. The van der Waals surface area contributed by atoms with E-state index in [4.69, 9.17) is 4.74 Å². The van der Waals surface area contributed by atoms with Crippen LogP contribution in [0.15, 0.2) is 24.3 Å². The van der Waals surface area contributed by atoms with Crippen LogP contribution in [0, 0.1) is 5.92 Å². The second-order valence-corrected chi connectivity index (χ2v) is 9.35. The summed E-state index contributed by atoms with van der Waals surface area (Å²) in [5.41, 5.74) is 1.44. The number of unbranched alkanes of at least 4 members (excludes halogenated alkanes) is 5. The highest BCUT2D eigenvalue weighted by molar-refractivity contribution is 5.70. The molecule has 1 aromatic carbocycles. The standard InChI is InChI=1S/C26H41NO3/c1-2-3-4-5-6-7-19-30-25-13-11-21(12-14-25)23-9-8-10-24(20-23)27-17-15-22(16-18-27)26(28)29/h11-14,22-24H,2-10,15-20H2,1H3,(H,28,29). The molecule has 4 nitrogen and oxygen atoms in total. The fourth-order valence-corrected chi connectivity index (χ4v) is 5.22. The average molecular weight is 416 g/mol. The van der Waals surface area contributed by atoms with Crippen LogP contribution in [-0.2, 0) is 4.79 Å². The van der Waals surface area contributed by atoms with Crippen LogP contribution in [0.3, 0.4) is 0 Å². The first-order chi connectivity index (χ1) is 14.7. The van der Waals surface area contributed by atoms with Crippen molar-refractivity contribution in [3.63, 3.8) is 0 Å². The van der Waals surface area contributed by atoms with E-state index in [1.54, 1.807) is 0 Å². The predicted molar refractivity (Wildman–Crippen MR) is 122 cm³/mol. The molecule has 0 radical (unpaired) electrons. The lowest BCUT2D eigenvalue weighted by molar-refractivity contribution is -0.143. The number of carboxylic acid groups (broad SMARTS) is 1. The third-order valence-electron chi connectivity index (χ3n) is 7.16. The van der Waals surface area contributed by atoms with Gasteiger partial charge in [-0.1, -0.05) is 57.6 Å². The van der Waals surface area contributed by atoms with E-state index in [0.29, 0.717) is 12.0 Å². The van der Waals surface area contributed by atoms with Gasteiger partial charge in [0, 0.05) is 6.04 Å². The van der Waals surface area contributed by atoms with Crippen molar-refractivity contribution in [1.29, 1.82) is 0 Å². The van der Waals surface area contributed by atoms with Crippen molar-refractivity contribution >= 4 is 5.97 Å². The van der Waals surface area contributed by atoms with Gasteiger partial charge in [-0.15, -0.1) is 0 Å². The zero-order chi connectivity index (χ0) is 21.2. The molecule has 30 heavy (non-hydrogen) atoms. The van der Waals surface area contributed by atoms with Crippen molar-refractivity contribution in [1.82, 2.24) is 4.90 Å². The highest BCUT2D eigenvalue weighted by Crippen LogP contribution is 2.37. The largest absolute Gasteiger partial charge is 0.494 e. The van der Waals surface area contributed by atoms with Crippen LogP contribution < -0.4 is 4.74 Å². The molecule has 0 amide bonds. The second-order valence-electron chi connectivity index (χ2n) is 9.35. The minimum absolute atomic E-state index is 0.135. The number of piperidine rings is 1. The summed E-state index contributed by atoms with van der Waals surface area (Å²) < 4.78 is 5.94. The summed E-state index contributed by atoms with van der Waals surface area (Å²) in [5, 5.41) is 9.23. The van der Waals surface area contributed by atoms with E-state index in [2.05, 4.69) is 36.1 Å². The summed E-state index contributed by atoms with van der Waals surface area (Å²) in [7, 11) is 0. The molecule has 2 fully saturated rings. The summed E-state index contributed by atoms with van der Waals surface area (Å²) in [6, 6.07) is 9.44. The van der Waals surface area contributed by atoms with E-state index in [-0.39, 0.29) is 5.92 Å². The van der Waals surface area contributed by atoms with Crippen LogP contribution in [0.25, 0.3) is 0 Å². The molecule has 0 bridgehead atoms. The van der Waals surface area contributed by atoms with Crippen LogP contribution in [0.5, 0.6) is 5.75 Å². The summed E-state index contributed by atoms with van der Waals surface area (Å²) in [5.74, 6) is 0.864. The number of hydrogen-bond donors (Lipinski definition) is 1. The van der Waals surface area contributed by atoms with Crippen molar-refractivity contribution < 1.29 is 14.6 Å². The van der Waals surface area contributed by atoms with E-state index < -0.39 is 5.97 Å². The lowest BCUT2D eigenvalue weighted by atomic mass is 9.80. The Morgan fingerprint density at radius 3 is 2.40 bits per heavy atom. The van der Waals surface area contributed by atoms with Crippen molar-refractivity contribution in [2.45, 2.75) is 95.9 Å². The molecule has 2 atom stereocenters.